The zero-order chi connectivity index (χ0) is 21.4. The summed E-state index contributed by atoms with van der Waals surface area (Å²) in [7, 11) is -3.75. The number of sulfonamides is 1. The van der Waals surface area contributed by atoms with E-state index >= 15 is 0 Å². The van der Waals surface area contributed by atoms with Gasteiger partial charge < -0.3 is 5.11 Å². The number of hydrogen-bond donors (Lipinski definition) is 1. The second-order valence-electron chi connectivity index (χ2n) is 7.84. The third-order valence-electron chi connectivity index (χ3n) is 5.88. The molecule has 1 N–H and O–H groups in total. The Bertz CT molecular complexity index is 1140. The first kappa shape index (κ1) is 20.5. The molecule has 1 aliphatic heterocycles. The van der Waals surface area contributed by atoms with Crippen LogP contribution < -0.4 is 0 Å². The van der Waals surface area contributed by atoms with E-state index in [0.29, 0.717) is 5.56 Å². The number of hydrogen-bond acceptors (Lipinski definition) is 3. The molecule has 1 saturated heterocycles. The van der Waals surface area contributed by atoms with Crippen molar-refractivity contribution in [3.63, 3.8) is 0 Å². The molecule has 1 heterocycles. The molecule has 0 unspecified atom stereocenters. The van der Waals surface area contributed by atoms with Crippen molar-refractivity contribution in [1.29, 1.82) is 0 Å². The molecule has 5 heteroatoms. The summed E-state index contributed by atoms with van der Waals surface area (Å²) in [5, 5.41) is 11.8. The number of benzene rings is 3. The van der Waals surface area contributed by atoms with Crippen LogP contribution in [0.5, 0.6) is 0 Å². The van der Waals surface area contributed by atoms with Crippen LogP contribution in [-0.4, -0.2) is 30.9 Å². The Morgan fingerprint density at radius 2 is 1.53 bits per heavy atom. The van der Waals surface area contributed by atoms with Gasteiger partial charge in [0.1, 0.15) is 5.60 Å². The normalized spacial score (nSPS) is 22.1. The Kier molecular flexibility index (Phi) is 5.36. The van der Waals surface area contributed by atoms with E-state index in [1.54, 1.807) is 24.3 Å². The molecule has 4 nitrogen and oxygen atoms in total. The highest BCUT2D eigenvalue weighted by Crippen LogP contribution is 2.45. The Balaban J connectivity index is 1.76. The molecule has 1 aliphatic rings. The van der Waals surface area contributed by atoms with E-state index in [9.17, 15) is 13.5 Å². The lowest BCUT2D eigenvalue weighted by molar-refractivity contribution is 0.0296. The van der Waals surface area contributed by atoms with E-state index in [-0.39, 0.29) is 18.0 Å². The van der Waals surface area contributed by atoms with Gasteiger partial charge in [-0.05, 0) is 35.8 Å². The minimum Gasteiger partial charge on any atom is -0.383 e. The van der Waals surface area contributed by atoms with Gasteiger partial charge in [-0.1, -0.05) is 84.9 Å². The molecule has 3 aromatic carbocycles. The van der Waals surface area contributed by atoms with Crippen LogP contribution in [0, 0.1) is 12.8 Å². The Hall–Kier alpha value is -2.73. The van der Waals surface area contributed by atoms with Crippen LogP contribution in [0.3, 0.4) is 0 Å². The van der Waals surface area contributed by atoms with Crippen LogP contribution in [0.15, 0.2) is 96.4 Å². The summed E-state index contributed by atoms with van der Waals surface area (Å²) in [5.74, 6) is -0.470. The van der Waals surface area contributed by atoms with Gasteiger partial charge in [-0.25, -0.2) is 8.42 Å². The molecule has 0 radical (unpaired) electrons. The molecule has 4 rings (SSSR count). The lowest BCUT2D eigenvalue weighted by Crippen LogP contribution is -2.36. The van der Waals surface area contributed by atoms with Gasteiger partial charge in [0.05, 0.1) is 4.90 Å². The number of nitrogens with zero attached hydrogens (tertiary/aromatic N) is 1. The summed E-state index contributed by atoms with van der Waals surface area (Å²) < 4.78 is 28.1. The maximum atomic E-state index is 13.4. The van der Waals surface area contributed by atoms with Gasteiger partial charge in [0.15, 0.2) is 0 Å². The Morgan fingerprint density at radius 1 is 0.967 bits per heavy atom. The minimum atomic E-state index is -3.75. The first-order chi connectivity index (χ1) is 14.3. The van der Waals surface area contributed by atoms with Gasteiger partial charge in [-0.3, -0.25) is 0 Å². The molecular weight excluding hydrogens is 394 g/mol. The fourth-order valence-corrected chi connectivity index (χ4v) is 5.60. The number of aliphatic hydroxyl groups is 1. The van der Waals surface area contributed by atoms with E-state index in [0.717, 1.165) is 16.7 Å². The van der Waals surface area contributed by atoms with E-state index in [2.05, 4.69) is 6.58 Å². The summed E-state index contributed by atoms with van der Waals surface area (Å²) >= 11 is 0. The lowest BCUT2D eigenvalue weighted by atomic mass is 9.78. The predicted molar refractivity (Wildman–Crippen MR) is 119 cm³/mol. The second-order valence-corrected chi connectivity index (χ2v) is 9.78. The molecule has 154 valence electrons. The smallest absolute Gasteiger partial charge is 0.243 e. The van der Waals surface area contributed by atoms with Gasteiger partial charge >= 0.3 is 0 Å². The monoisotopic (exact) mass is 419 g/mol. The van der Waals surface area contributed by atoms with Crippen molar-refractivity contribution in [1.82, 2.24) is 4.31 Å². The van der Waals surface area contributed by atoms with Crippen LogP contribution in [-0.2, 0) is 15.6 Å². The number of aryl methyl sites for hydroxylation is 1. The average Bonchev–Trinajstić information content (AvgIpc) is 3.14. The Morgan fingerprint density at radius 3 is 2.13 bits per heavy atom. The topological polar surface area (TPSA) is 57.6 Å². The van der Waals surface area contributed by atoms with Crippen molar-refractivity contribution in [2.24, 2.45) is 5.92 Å². The first-order valence-corrected chi connectivity index (χ1v) is 11.4. The zero-order valence-corrected chi connectivity index (χ0v) is 17.7. The van der Waals surface area contributed by atoms with E-state index in [1.165, 1.54) is 4.31 Å². The molecule has 0 bridgehead atoms. The van der Waals surface area contributed by atoms with Crippen LogP contribution in [0.1, 0.15) is 16.7 Å². The second kappa shape index (κ2) is 7.84. The highest BCUT2D eigenvalue weighted by Gasteiger charge is 2.51. The number of rotatable bonds is 5. The molecule has 0 aliphatic carbocycles. The fraction of sp³-hybridized carbons (Fsp3) is 0.200. The molecule has 0 amide bonds. The molecular formula is C25H25NO3S. The van der Waals surface area contributed by atoms with Crippen LogP contribution >= 0.6 is 0 Å². The molecule has 1 fully saturated rings. The van der Waals surface area contributed by atoms with Gasteiger partial charge in [0.25, 0.3) is 0 Å². The third-order valence-corrected chi connectivity index (χ3v) is 7.70. The minimum absolute atomic E-state index is 0.0241. The summed E-state index contributed by atoms with van der Waals surface area (Å²) in [4.78, 5) is 0.231. The van der Waals surface area contributed by atoms with Crippen molar-refractivity contribution in [3.05, 3.63) is 108 Å². The van der Waals surface area contributed by atoms with E-state index in [4.69, 9.17) is 0 Å². The highest BCUT2D eigenvalue weighted by molar-refractivity contribution is 7.89. The first-order valence-electron chi connectivity index (χ1n) is 9.91. The molecule has 0 saturated carbocycles. The summed E-state index contributed by atoms with van der Waals surface area (Å²) in [6.45, 7) is 6.30. The summed E-state index contributed by atoms with van der Waals surface area (Å²) in [6.07, 6.45) is 0. The molecule has 30 heavy (non-hydrogen) atoms. The summed E-state index contributed by atoms with van der Waals surface area (Å²) in [5.41, 5.74) is 1.93. The third kappa shape index (κ3) is 3.60. The molecule has 2 atom stereocenters. The quantitative estimate of drug-likeness (QED) is 0.674. The Labute approximate surface area is 178 Å². The van der Waals surface area contributed by atoms with Gasteiger partial charge in [-0.2, -0.15) is 4.31 Å². The average molecular weight is 420 g/mol. The maximum Gasteiger partial charge on any atom is 0.243 e. The highest BCUT2D eigenvalue weighted by atomic mass is 32.2. The maximum absolute atomic E-state index is 13.4. The fourth-order valence-electron chi connectivity index (χ4n) is 4.11. The van der Waals surface area contributed by atoms with Gasteiger partial charge in [0, 0.05) is 19.0 Å². The van der Waals surface area contributed by atoms with Crippen LogP contribution in [0.4, 0.5) is 0 Å². The molecule has 0 aromatic heterocycles. The van der Waals surface area contributed by atoms with Gasteiger partial charge in [0.2, 0.25) is 10.0 Å². The van der Waals surface area contributed by atoms with Crippen molar-refractivity contribution in [2.75, 3.05) is 13.1 Å². The number of β-amino-alcohol motifs (C(OH)–C–C–N with tert-alkyl or cyclic N) is 1. The summed E-state index contributed by atoms with van der Waals surface area (Å²) in [6, 6.07) is 25.7. The van der Waals surface area contributed by atoms with Crippen molar-refractivity contribution in [3.8, 4) is 0 Å². The van der Waals surface area contributed by atoms with Crippen molar-refractivity contribution >= 4 is 15.6 Å². The van der Waals surface area contributed by atoms with E-state index in [1.807, 2.05) is 67.6 Å². The standard InChI is InChI=1S/C25H25NO3S/c1-19-13-15-23(16-14-19)30(28,29)26-17-24(20(2)21-9-5-3-6-10-21)25(27,18-26)22-11-7-4-8-12-22/h3-16,24,27H,2,17-18H2,1H3/t24-,25+/m0/s1. The van der Waals surface area contributed by atoms with E-state index < -0.39 is 21.5 Å². The predicted octanol–water partition coefficient (Wildman–Crippen LogP) is 4.22. The van der Waals surface area contributed by atoms with Crippen molar-refractivity contribution in [2.45, 2.75) is 17.4 Å². The SMILES string of the molecule is C=C(c1ccccc1)[C@@H]1CN(S(=O)(=O)c2ccc(C)cc2)C[C@@]1(O)c1ccccc1. The van der Waals surface area contributed by atoms with Crippen LogP contribution in [0.2, 0.25) is 0 Å². The largest absolute Gasteiger partial charge is 0.383 e. The molecule has 0 spiro atoms. The van der Waals surface area contributed by atoms with Gasteiger partial charge in [-0.15, -0.1) is 0 Å². The molecule has 3 aromatic rings. The lowest BCUT2D eigenvalue weighted by Gasteiger charge is -2.31. The van der Waals surface area contributed by atoms with Crippen LogP contribution in [0.25, 0.3) is 5.57 Å². The van der Waals surface area contributed by atoms with Crippen molar-refractivity contribution < 1.29 is 13.5 Å². The zero-order valence-electron chi connectivity index (χ0n) is 16.9.